The van der Waals surface area contributed by atoms with E-state index in [2.05, 4.69) is 21.2 Å². The Morgan fingerprint density at radius 2 is 2.14 bits per heavy atom. The zero-order valence-corrected chi connectivity index (χ0v) is 9.09. The summed E-state index contributed by atoms with van der Waals surface area (Å²) in [5.74, 6) is 0. The molecule has 14 heavy (non-hydrogen) atoms. The molecule has 72 valence electrons. The summed E-state index contributed by atoms with van der Waals surface area (Å²) in [5, 5.41) is 3.68. The molecule has 0 aliphatic carbocycles. The molecule has 0 atom stereocenters. The van der Waals surface area contributed by atoms with Crippen LogP contribution in [0.15, 0.2) is 37.9 Å². The molecule has 1 aromatic carbocycles. The van der Waals surface area contributed by atoms with Gasteiger partial charge in [-0.2, -0.15) is 0 Å². The van der Waals surface area contributed by atoms with Gasteiger partial charge in [-0.15, -0.1) is 0 Å². The fourth-order valence-electron chi connectivity index (χ4n) is 1.27. The third kappa shape index (κ3) is 1.53. The molecule has 0 amide bonds. The normalized spacial score (nSPS) is 10.4. The van der Waals surface area contributed by atoms with Crippen LogP contribution in [0.25, 0.3) is 11.0 Å². The molecule has 0 saturated carbocycles. The Kier molecular flexibility index (Phi) is 2.29. The minimum Gasteiger partial charge on any atom is -0.421 e. The summed E-state index contributed by atoms with van der Waals surface area (Å²) in [4.78, 5) is 11.3. The lowest BCUT2D eigenvalue weighted by Gasteiger charge is -2.00. The molecule has 1 heterocycles. The Hall–Kier alpha value is -1.29. The number of nitrogens with one attached hydrogen (secondary N) is 1. The van der Waals surface area contributed by atoms with E-state index in [1.54, 1.807) is 19.2 Å². The van der Waals surface area contributed by atoms with E-state index in [0.717, 1.165) is 9.86 Å². The number of rotatable bonds is 1. The lowest BCUT2D eigenvalue weighted by Crippen LogP contribution is -2.05. The minimum absolute atomic E-state index is 0.345. The molecule has 4 heteroatoms. The maximum atomic E-state index is 11.3. The van der Waals surface area contributed by atoms with Crippen LogP contribution in [0.4, 0.5) is 5.69 Å². The van der Waals surface area contributed by atoms with Crippen molar-refractivity contribution in [2.24, 2.45) is 0 Å². The Labute approximate surface area is 88.9 Å². The van der Waals surface area contributed by atoms with Crippen LogP contribution >= 0.6 is 15.9 Å². The average Bonchev–Trinajstić information content (AvgIpc) is 2.17. The fourth-order valence-corrected chi connectivity index (χ4v) is 1.65. The minimum atomic E-state index is -0.345. The van der Waals surface area contributed by atoms with Crippen LogP contribution in [-0.4, -0.2) is 7.05 Å². The second-order valence-corrected chi connectivity index (χ2v) is 3.80. The number of hydrogen-bond donors (Lipinski definition) is 1. The predicted molar refractivity (Wildman–Crippen MR) is 59.7 cm³/mol. The Morgan fingerprint density at radius 1 is 1.36 bits per heavy atom. The van der Waals surface area contributed by atoms with Crippen molar-refractivity contribution in [2.75, 3.05) is 12.4 Å². The molecular formula is C10H8BrNO2. The Bertz CT molecular complexity index is 533. The van der Waals surface area contributed by atoms with Crippen LogP contribution in [0.1, 0.15) is 0 Å². The maximum Gasteiger partial charge on any atom is 0.359 e. The van der Waals surface area contributed by atoms with Gasteiger partial charge in [-0.05, 0) is 24.3 Å². The van der Waals surface area contributed by atoms with Crippen molar-refractivity contribution < 1.29 is 4.42 Å². The van der Waals surface area contributed by atoms with Gasteiger partial charge in [0, 0.05) is 16.9 Å². The highest BCUT2D eigenvalue weighted by atomic mass is 79.9. The topological polar surface area (TPSA) is 42.2 Å². The van der Waals surface area contributed by atoms with E-state index in [-0.39, 0.29) is 5.63 Å². The number of fused-ring (bicyclic) bond motifs is 1. The van der Waals surface area contributed by atoms with Gasteiger partial charge in [0.1, 0.15) is 11.3 Å². The van der Waals surface area contributed by atoms with E-state index in [9.17, 15) is 4.79 Å². The first kappa shape index (κ1) is 9.27. The van der Waals surface area contributed by atoms with Crippen LogP contribution in [0.3, 0.4) is 0 Å². The fraction of sp³-hybridized carbons (Fsp3) is 0.100. The molecule has 0 bridgehead atoms. The van der Waals surface area contributed by atoms with Gasteiger partial charge in [0.05, 0.1) is 0 Å². The quantitative estimate of drug-likeness (QED) is 0.795. The van der Waals surface area contributed by atoms with Gasteiger partial charge < -0.3 is 9.73 Å². The van der Waals surface area contributed by atoms with Gasteiger partial charge in [-0.1, -0.05) is 15.9 Å². The molecule has 0 aliphatic heterocycles. The number of halogens is 1. The molecule has 2 aromatic rings. The zero-order chi connectivity index (χ0) is 10.1. The van der Waals surface area contributed by atoms with Gasteiger partial charge in [-0.3, -0.25) is 0 Å². The third-order valence-electron chi connectivity index (χ3n) is 1.96. The third-order valence-corrected chi connectivity index (χ3v) is 2.46. The summed E-state index contributed by atoms with van der Waals surface area (Å²) in [6, 6.07) is 7.27. The lowest BCUT2D eigenvalue weighted by molar-refractivity contribution is 0.563. The molecule has 3 nitrogen and oxygen atoms in total. The van der Waals surface area contributed by atoms with Crippen LogP contribution in [-0.2, 0) is 0 Å². The van der Waals surface area contributed by atoms with Gasteiger partial charge in [0.25, 0.3) is 0 Å². The van der Waals surface area contributed by atoms with Crippen molar-refractivity contribution >= 4 is 32.6 Å². The van der Waals surface area contributed by atoms with Gasteiger partial charge in [0.15, 0.2) is 0 Å². The monoisotopic (exact) mass is 253 g/mol. The highest BCUT2D eigenvalue weighted by Crippen LogP contribution is 2.20. The van der Waals surface area contributed by atoms with Gasteiger partial charge in [-0.25, -0.2) is 4.79 Å². The maximum absolute atomic E-state index is 11.3. The summed E-state index contributed by atoms with van der Waals surface area (Å²) in [7, 11) is 1.69. The van der Waals surface area contributed by atoms with Crippen LogP contribution in [0, 0.1) is 0 Å². The molecule has 1 aromatic heterocycles. The second kappa shape index (κ2) is 3.46. The van der Waals surface area contributed by atoms with Crippen molar-refractivity contribution in [1.82, 2.24) is 0 Å². The molecule has 0 aliphatic rings. The van der Waals surface area contributed by atoms with E-state index < -0.39 is 0 Å². The van der Waals surface area contributed by atoms with Crippen molar-refractivity contribution in [3.05, 3.63) is 39.2 Å². The highest BCUT2D eigenvalue weighted by molar-refractivity contribution is 9.10. The van der Waals surface area contributed by atoms with Crippen molar-refractivity contribution in [3.63, 3.8) is 0 Å². The van der Waals surface area contributed by atoms with Crippen LogP contribution in [0.2, 0.25) is 0 Å². The SMILES string of the molecule is CNc1cc2cc(Br)ccc2oc1=O. The molecule has 0 radical (unpaired) electrons. The average molecular weight is 254 g/mol. The second-order valence-electron chi connectivity index (χ2n) is 2.88. The molecule has 0 fully saturated rings. The van der Waals surface area contributed by atoms with Crippen LogP contribution < -0.4 is 10.9 Å². The van der Waals surface area contributed by atoms with E-state index in [0.29, 0.717) is 11.3 Å². The van der Waals surface area contributed by atoms with Gasteiger partial charge >= 0.3 is 5.63 Å². The van der Waals surface area contributed by atoms with E-state index in [1.165, 1.54) is 0 Å². The van der Waals surface area contributed by atoms with Crippen molar-refractivity contribution in [2.45, 2.75) is 0 Å². The first-order chi connectivity index (χ1) is 6.70. The highest BCUT2D eigenvalue weighted by Gasteiger charge is 2.03. The van der Waals surface area contributed by atoms with E-state index in [4.69, 9.17) is 4.42 Å². The van der Waals surface area contributed by atoms with Crippen molar-refractivity contribution in [3.8, 4) is 0 Å². The molecule has 0 unspecified atom stereocenters. The smallest absolute Gasteiger partial charge is 0.359 e. The molecule has 0 spiro atoms. The molecule has 0 saturated heterocycles. The Balaban J connectivity index is 2.80. The first-order valence-electron chi connectivity index (χ1n) is 4.12. The van der Waals surface area contributed by atoms with E-state index in [1.807, 2.05) is 12.1 Å². The summed E-state index contributed by atoms with van der Waals surface area (Å²) < 4.78 is 6.06. The molecule has 2 rings (SSSR count). The summed E-state index contributed by atoms with van der Waals surface area (Å²) in [5.41, 5.74) is 0.718. The summed E-state index contributed by atoms with van der Waals surface area (Å²) >= 11 is 3.36. The Morgan fingerprint density at radius 3 is 2.86 bits per heavy atom. The largest absolute Gasteiger partial charge is 0.421 e. The number of benzene rings is 1. The first-order valence-corrected chi connectivity index (χ1v) is 4.91. The molecular weight excluding hydrogens is 246 g/mol. The predicted octanol–water partition coefficient (Wildman–Crippen LogP) is 2.60. The zero-order valence-electron chi connectivity index (χ0n) is 7.50. The van der Waals surface area contributed by atoms with Crippen LogP contribution in [0.5, 0.6) is 0 Å². The number of hydrogen-bond acceptors (Lipinski definition) is 3. The number of anilines is 1. The van der Waals surface area contributed by atoms with E-state index >= 15 is 0 Å². The summed E-state index contributed by atoms with van der Waals surface area (Å²) in [6.07, 6.45) is 0. The van der Waals surface area contributed by atoms with Crippen molar-refractivity contribution in [1.29, 1.82) is 0 Å². The lowest BCUT2D eigenvalue weighted by atomic mass is 10.2. The summed E-state index contributed by atoms with van der Waals surface area (Å²) in [6.45, 7) is 0. The standard InChI is InChI=1S/C10H8BrNO2/c1-12-8-5-6-4-7(11)2-3-9(6)14-10(8)13/h2-5,12H,1H3. The molecule has 1 N–H and O–H groups in total. The van der Waals surface area contributed by atoms with Gasteiger partial charge in [0.2, 0.25) is 0 Å².